The number of quaternary nitrogens is 1. The van der Waals surface area contributed by atoms with Gasteiger partial charge in [-0.1, -0.05) is 323 Å². The molecule has 0 saturated heterocycles. The number of hydrogen-bond donors (Lipinski definition) is 0. The van der Waals surface area contributed by atoms with Crippen LogP contribution in [-0.2, 0) is 32.7 Å². The summed E-state index contributed by atoms with van der Waals surface area (Å²) < 4.78 is 34.3. The van der Waals surface area contributed by atoms with Crippen LogP contribution >= 0.6 is 7.82 Å². The quantitative estimate of drug-likeness (QED) is 0.0195. The Labute approximate surface area is 544 Å². The van der Waals surface area contributed by atoms with Gasteiger partial charge in [-0.25, -0.2) is 0 Å². The lowest BCUT2D eigenvalue weighted by Crippen LogP contribution is -2.37. The predicted octanol–water partition coefficient (Wildman–Crippen LogP) is 23.6. The van der Waals surface area contributed by atoms with E-state index in [1.807, 2.05) is 21.1 Å². The minimum absolute atomic E-state index is 0.0352. The smallest absolute Gasteiger partial charge is 0.306 e. The molecule has 0 spiro atoms. The third-order valence-electron chi connectivity index (χ3n) is 16.1. The third kappa shape index (κ3) is 72.0. The Kier molecular flexibility index (Phi) is 65.9. The predicted molar refractivity (Wildman–Crippen MR) is 379 cm³/mol. The molecule has 0 saturated carbocycles. The fourth-order valence-corrected chi connectivity index (χ4v) is 11.2. The van der Waals surface area contributed by atoms with Gasteiger partial charge in [-0.2, -0.15) is 0 Å². The maximum absolute atomic E-state index is 12.9. The SMILES string of the molecule is CC/C=C\C/C=C\C/C=C\C/C=C\C/C=C\C/C=C\CCCCCCCCCCC(=O)OC(COC(=O)CCCCCCCCCCCCCCCCCCCCCCCCCCC/C=C\C/C=C\CCCCCCC)COP(=O)([O-])OCC[N+](C)(C)C. The molecule has 0 fully saturated rings. The fourth-order valence-electron chi connectivity index (χ4n) is 10.5. The van der Waals surface area contributed by atoms with Gasteiger partial charge in [-0.05, 0) is 96.3 Å². The molecule has 0 aliphatic carbocycles. The van der Waals surface area contributed by atoms with Crippen molar-refractivity contribution in [2.75, 3.05) is 47.5 Å². The van der Waals surface area contributed by atoms with Crippen LogP contribution in [0, 0.1) is 0 Å². The number of nitrogens with zero attached hydrogens (tertiary/aromatic N) is 1. The number of phosphoric acid groups is 1. The number of allylic oxidation sites excluding steroid dienone is 16. The molecule has 2 atom stereocenters. The molecular weight excluding hydrogens is 1110 g/mol. The van der Waals surface area contributed by atoms with Crippen molar-refractivity contribution in [3.05, 3.63) is 97.2 Å². The standard InChI is InChI=1S/C78H140NO8P/c1-6-8-10-12-14-16-18-20-22-24-26-28-30-32-34-35-36-37-38-39-40-41-42-43-45-46-48-50-52-54-56-58-60-62-64-66-68-70-77(80)84-74-76(75-86-88(82,83)85-73-72-79(3,4)5)87-78(81)71-69-67-65-63-61-59-57-55-53-51-49-47-44-33-31-29-27-25-23-21-19-17-15-13-11-9-7-2/h9,11,15,17-18,20-21,23-24,26-27,29,33,44,49,51,76H,6-8,10,12-14,16,19,22,25,28,30-32,34-43,45-48,50,52-75H2,1-5H3/b11-9-,17-15-,20-18-,23-21-,26-24-,29-27-,44-33-,51-49-. The van der Waals surface area contributed by atoms with Gasteiger partial charge in [0.25, 0.3) is 7.82 Å². The summed E-state index contributed by atoms with van der Waals surface area (Å²) in [5.74, 6) is -0.834. The molecule has 0 rings (SSSR count). The highest BCUT2D eigenvalue weighted by molar-refractivity contribution is 7.45. The first-order chi connectivity index (χ1) is 43.0. The van der Waals surface area contributed by atoms with E-state index < -0.39 is 26.5 Å². The number of esters is 2. The van der Waals surface area contributed by atoms with Gasteiger partial charge in [0.2, 0.25) is 0 Å². The number of likely N-dealkylation sites (N-methyl/N-ethyl adjacent to an activating group) is 1. The summed E-state index contributed by atoms with van der Waals surface area (Å²) in [5, 5.41) is 0. The summed E-state index contributed by atoms with van der Waals surface area (Å²) in [7, 11) is 1.16. The van der Waals surface area contributed by atoms with Crippen molar-refractivity contribution in [2.24, 2.45) is 0 Å². The summed E-state index contributed by atoms with van der Waals surface area (Å²) in [5.41, 5.74) is 0. The highest BCUT2D eigenvalue weighted by Gasteiger charge is 2.22. The third-order valence-corrected chi connectivity index (χ3v) is 17.1. The molecule has 0 N–H and O–H groups in total. The molecule has 510 valence electrons. The monoisotopic (exact) mass is 1250 g/mol. The lowest BCUT2D eigenvalue weighted by Gasteiger charge is -2.28. The van der Waals surface area contributed by atoms with Crippen LogP contribution in [0.2, 0.25) is 0 Å². The second kappa shape index (κ2) is 68.3. The molecule has 0 bridgehead atoms. The number of carbonyl (C=O) groups excluding carboxylic acids is 2. The van der Waals surface area contributed by atoms with E-state index >= 15 is 0 Å². The first kappa shape index (κ1) is 84.9. The first-order valence-electron chi connectivity index (χ1n) is 36.9. The van der Waals surface area contributed by atoms with Crippen LogP contribution in [0.3, 0.4) is 0 Å². The van der Waals surface area contributed by atoms with E-state index in [9.17, 15) is 19.0 Å². The highest BCUT2D eigenvalue weighted by atomic mass is 31.2. The minimum atomic E-state index is -4.65. The molecule has 2 unspecified atom stereocenters. The Balaban J connectivity index is 3.99. The molecule has 9 nitrogen and oxygen atoms in total. The molecule has 10 heteroatoms. The van der Waals surface area contributed by atoms with Gasteiger partial charge in [0, 0.05) is 12.8 Å². The van der Waals surface area contributed by atoms with Crippen molar-refractivity contribution in [2.45, 2.75) is 341 Å². The summed E-state index contributed by atoms with van der Waals surface area (Å²) in [6, 6.07) is 0. The molecule has 0 radical (unpaired) electrons. The minimum Gasteiger partial charge on any atom is -0.756 e. The summed E-state index contributed by atoms with van der Waals surface area (Å²) in [6.45, 7) is 4.14. The van der Waals surface area contributed by atoms with Gasteiger partial charge >= 0.3 is 11.9 Å². The summed E-state index contributed by atoms with van der Waals surface area (Å²) >= 11 is 0. The fraction of sp³-hybridized carbons (Fsp3) is 0.769. The van der Waals surface area contributed by atoms with E-state index in [1.54, 1.807) is 0 Å². The second-order valence-corrected chi connectivity index (χ2v) is 27.3. The second-order valence-electron chi connectivity index (χ2n) is 25.9. The zero-order valence-corrected chi connectivity index (χ0v) is 59.1. The van der Waals surface area contributed by atoms with Crippen molar-refractivity contribution < 1.29 is 42.1 Å². The maximum Gasteiger partial charge on any atom is 0.306 e. The van der Waals surface area contributed by atoms with Crippen LogP contribution in [0.5, 0.6) is 0 Å². The van der Waals surface area contributed by atoms with Crippen LogP contribution in [-0.4, -0.2) is 70.0 Å². The number of carbonyl (C=O) groups is 2. The van der Waals surface area contributed by atoms with E-state index in [1.165, 1.54) is 212 Å². The van der Waals surface area contributed by atoms with Gasteiger partial charge in [0.15, 0.2) is 6.10 Å². The molecular formula is C78H140NO8P. The normalized spacial score (nSPS) is 13.7. The lowest BCUT2D eigenvalue weighted by molar-refractivity contribution is -0.870. The zero-order valence-electron chi connectivity index (χ0n) is 58.2. The topological polar surface area (TPSA) is 111 Å². The highest BCUT2D eigenvalue weighted by Crippen LogP contribution is 2.38. The van der Waals surface area contributed by atoms with Gasteiger partial charge in [-0.3, -0.25) is 14.2 Å². The average molecular weight is 1250 g/mol. The van der Waals surface area contributed by atoms with E-state index in [4.69, 9.17) is 18.5 Å². The van der Waals surface area contributed by atoms with Crippen molar-refractivity contribution in [1.82, 2.24) is 0 Å². The molecule has 0 aliphatic heterocycles. The van der Waals surface area contributed by atoms with Crippen LogP contribution in [0.25, 0.3) is 0 Å². The van der Waals surface area contributed by atoms with Gasteiger partial charge in [-0.15, -0.1) is 0 Å². The van der Waals surface area contributed by atoms with Gasteiger partial charge < -0.3 is 27.9 Å². The van der Waals surface area contributed by atoms with Crippen molar-refractivity contribution in [3.63, 3.8) is 0 Å². The summed E-state index contributed by atoms with van der Waals surface area (Å²) in [4.78, 5) is 38.1. The largest absolute Gasteiger partial charge is 0.756 e. The molecule has 0 amide bonds. The van der Waals surface area contributed by atoms with E-state index in [0.717, 1.165) is 89.9 Å². The van der Waals surface area contributed by atoms with Crippen LogP contribution < -0.4 is 4.89 Å². The van der Waals surface area contributed by atoms with E-state index in [0.29, 0.717) is 17.4 Å². The molecule has 88 heavy (non-hydrogen) atoms. The number of hydrogen-bond acceptors (Lipinski definition) is 8. The van der Waals surface area contributed by atoms with Gasteiger partial charge in [0.1, 0.15) is 19.8 Å². The molecule has 0 aromatic heterocycles. The number of phosphoric ester groups is 1. The van der Waals surface area contributed by atoms with Crippen LogP contribution in [0.15, 0.2) is 97.2 Å². The summed E-state index contributed by atoms with van der Waals surface area (Å²) in [6.07, 6.45) is 95.1. The first-order valence-corrected chi connectivity index (χ1v) is 38.4. The Bertz CT molecular complexity index is 1810. The van der Waals surface area contributed by atoms with Crippen LogP contribution in [0.1, 0.15) is 335 Å². The lowest BCUT2D eigenvalue weighted by atomic mass is 10.0. The Morgan fingerprint density at radius 3 is 0.966 bits per heavy atom. The number of ether oxygens (including phenoxy) is 2. The van der Waals surface area contributed by atoms with Crippen LogP contribution in [0.4, 0.5) is 0 Å². The zero-order chi connectivity index (χ0) is 64.1. The average Bonchev–Trinajstić information content (AvgIpc) is 3.60. The van der Waals surface area contributed by atoms with Crippen molar-refractivity contribution >= 4 is 19.8 Å². The van der Waals surface area contributed by atoms with Gasteiger partial charge in [0.05, 0.1) is 27.7 Å². The maximum atomic E-state index is 12.9. The van der Waals surface area contributed by atoms with Crippen molar-refractivity contribution in [3.8, 4) is 0 Å². The Hall–Kier alpha value is -3.07. The Morgan fingerprint density at radius 1 is 0.364 bits per heavy atom. The van der Waals surface area contributed by atoms with Crippen molar-refractivity contribution in [1.29, 1.82) is 0 Å². The Morgan fingerprint density at radius 2 is 0.648 bits per heavy atom. The molecule has 0 aromatic carbocycles. The molecule has 0 aromatic rings. The number of unbranched alkanes of at least 4 members (excludes halogenated alkanes) is 38. The molecule has 0 heterocycles. The van der Waals surface area contributed by atoms with E-state index in [-0.39, 0.29) is 32.0 Å². The number of rotatable bonds is 68. The van der Waals surface area contributed by atoms with E-state index in [2.05, 4.69) is 111 Å². The molecule has 0 aliphatic rings.